The molecule has 25 heavy (non-hydrogen) atoms. The van der Waals surface area contributed by atoms with Crippen LogP contribution >= 0.6 is 0 Å². The maximum atomic E-state index is 6.13. The van der Waals surface area contributed by atoms with E-state index in [9.17, 15) is 0 Å². The molecule has 4 heteroatoms. The first kappa shape index (κ1) is 15.5. The van der Waals surface area contributed by atoms with E-state index in [4.69, 9.17) is 9.47 Å². The van der Waals surface area contributed by atoms with Crippen molar-refractivity contribution in [1.29, 1.82) is 0 Å². The van der Waals surface area contributed by atoms with Crippen molar-refractivity contribution in [3.8, 4) is 0 Å². The van der Waals surface area contributed by atoms with Gasteiger partial charge in [0.1, 0.15) is 0 Å². The number of ether oxygens (including phenoxy) is 2. The average molecular weight is 336 g/mol. The van der Waals surface area contributed by atoms with Gasteiger partial charge in [0.2, 0.25) is 0 Å². The molecule has 3 saturated heterocycles. The molecule has 2 unspecified atom stereocenters. The molecule has 3 heterocycles. The summed E-state index contributed by atoms with van der Waals surface area (Å²) >= 11 is 0. The van der Waals surface area contributed by atoms with Gasteiger partial charge in [0.05, 0.1) is 19.9 Å². The van der Waals surface area contributed by atoms with E-state index in [-0.39, 0.29) is 12.5 Å². The summed E-state index contributed by atoms with van der Waals surface area (Å²) in [7, 11) is 0. The average Bonchev–Trinajstić information content (AvgIpc) is 3.31. The third-order valence-electron chi connectivity index (χ3n) is 5.71. The molecule has 3 aliphatic rings. The molecule has 4 atom stereocenters. The van der Waals surface area contributed by atoms with Crippen LogP contribution in [-0.2, 0) is 22.3 Å². The summed E-state index contributed by atoms with van der Waals surface area (Å²) in [5.41, 5.74) is 2.76. The van der Waals surface area contributed by atoms with Crippen LogP contribution < -0.4 is 0 Å². The second kappa shape index (κ2) is 6.54. The van der Waals surface area contributed by atoms with Gasteiger partial charge in [0.15, 0.2) is 12.5 Å². The van der Waals surface area contributed by atoms with Crippen LogP contribution in [0.15, 0.2) is 60.7 Å². The Kier molecular flexibility index (Phi) is 4.06. The molecule has 3 aliphatic heterocycles. The van der Waals surface area contributed by atoms with Crippen LogP contribution in [0.25, 0.3) is 0 Å². The summed E-state index contributed by atoms with van der Waals surface area (Å²) < 4.78 is 12.3. The third-order valence-corrected chi connectivity index (χ3v) is 5.71. The Bertz CT molecular complexity index is 647. The third kappa shape index (κ3) is 2.89. The van der Waals surface area contributed by atoms with E-state index in [1.54, 1.807) is 0 Å². The second-order valence-electron chi connectivity index (χ2n) is 7.30. The summed E-state index contributed by atoms with van der Waals surface area (Å²) in [6.07, 6.45) is 2.27. The Balaban J connectivity index is 1.28. The zero-order valence-electron chi connectivity index (χ0n) is 14.3. The molecule has 0 N–H and O–H groups in total. The number of fused-ring (bicyclic) bond motifs is 3. The van der Waals surface area contributed by atoms with Gasteiger partial charge in [-0.25, -0.2) is 0 Å². The standard InChI is InChI=1S/C21H24N2O2/c1-3-7-16(8-4-1)11-18-13-24-20-21-23(15-22(18)20)19(14-25-21)12-17-9-5-2-6-10-17/h1-10,18-21H,11-15H2/t18-,19-,20?,21?/m0/s1. The Morgan fingerprint density at radius 2 is 1.12 bits per heavy atom. The zero-order valence-corrected chi connectivity index (χ0v) is 14.3. The molecule has 2 aromatic carbocycles. The van der Waals surface area contributed by atoms with Crippen LogP contribution in [0.3, 0.4) is 0 Å². The topological polar surface area (TPSA) is 24.9 Å². The molecule has 130 valence electrons. The van der Waals surface area contributed by atoms with Gasteiger partial charge >= 0.3 is 0 Å². The summed E-state index contributed by atoms with van der Waals surface area (Å²) in [4.78, 5) is 4.99. The van der Waals surface area contributed by atoms with Crippen LogP contribution in [-0.4, -0.2) is 54.2 Å². The quantitative estimate of drug-likeness (QED) is 0.856. The Labute approximate surface area is 149 Å². The number of rotatable bonds is 4. The molecule has 2 aromatic rings. The molecule has 0 saturated carbocycles. The number of nitrogens with zero attached hydrogens (tertiary/aromatic N) is 2. The van der Waals surface area contributed by atoms with E-state index in [1.165, 1.54) is 11.1 Å². The maximum absolute atomic E-state index is 6.13. The molecular formula is C21H24N2O2. The summed E-state index contributed by atoms with van der Waals surface area (Å²) in [6, 6.07) is 22.3. The van der Waals surface area contributed by atoms with Crippen LogP contribution in [0.1, 0.15) is 11.1 Å². The Morgan fingerprint density at radius 3 is 1.56 bits per heavy atom. The van der Waals surface area contributed by atoms with Crippen molar-refractivity contribution in [2.45, 2.75) is 37.4 Å². The zero-order chi connectivity index (χ0) is 16.6. The van der Waals surface area contributed by atoms with Gasteiger partial charge < -0.3 is 9.47 Å². The van der Waals surface area contributed by atoms with Gasteiger partial charge in [-0.3, -0.25) is 9.80 Å². The van der Waals surface area contributed by atoms with Crippen LogP contribution in [0.5, 0.6) is 0 Å². The first-order valence-corrected chi connectivity index (χ1v) is 9.21. The SMILES string of the molecule is c1ccc(C[C@H]2COC3C4OC[C@H](Cc5ccccc5)N4CN32)cc1. The minimum atomic E-state index is 0.0921. The van der Waals surface area contributed by atoms with Gasteiger partial charge in [-0.2, -0.15) is 0 Å². The maximum Gasteiger partial charge on any atom is 0.152 e. The van der Waals surface area contributed by atoms with Gasteiger partial charge in [-0.05, 0) is 24.0 Å². The molecule has 0 aliphatic carbocycles. The van der Waals surface area contributed by atoms with Crippen LogP contribution in [0.2, 0.25) is 0 Å². The molecular weight excluding hydrogens is 312 g/mol. The molecule has 3 fully saturated rings. The number of hydrogen-bond acceptors (Lipinski definition) is 4. The highest BCUT2D eigenvalue weighted by Gasteiger charge is 2.53. The highest BCUT2D eigenvalue weighted by Crippen LogP contribution is 2.36. The molecule has 0 radical (unpaired) electrons. The lowest BCUT2D eigenvalue weighted by molar-refractivity contribution is -0.0613. The number of hydrogen-bond donors (Lipinski definition) is 0. The smallest absolute Gasteiger partial charge is 0.152 e. The lowest BCUT2D eigenvalue weighted by Gasteiger charge is -2.25. The predicted molar refractivity (Wildman–Crippen MR) is 95.9 cm³/mol. The van der Waals surface area contributed by atoms with Gasteiger partial charge in [0.25, 0.3) is 0 Å². The van der Waals surface area contributed by atoms with E-state index in [1.807, 2.05) is 0 Å². The largest absolute Gasteiger partial charge is 0.357 e. The molecule has 0 bridgehead atoms. The van der Waals surface area contributed by atoms with Crippen molar-refractivity contribution in [2.24, 2.45) is 0 Å². The van der Waals surface area contributed by atoms with Crippen LogP contribution in [0, 0.1) is 0 Å². The normalized spacial score (nSPS) is 32.0. The molecule has 5 rings (SSSR count). The van der Waals surface area contributed by atoms with Crippen molar-refractivity contribution >= 4 is 0 Å². The molecule has 0 amide bonds. The fraction of sp³-hybridized carbons (Fsp3) is 0.429. The molecule has 0 spiro atoms. The minimum Gasteiger partial charge on any atom is -0.357 e. The van der Waals surface area contributed by atoms with E-state index < -0.39 is 0 Å². The fourth-order valence-corrected chi connectivity index (χ4v) is 4.42. The van der Waals surface area contributed by atoms with Crippen molar-refractivity contribution in [1.82, 2.24) is 9.80 Å². The van der Waals surface area contributed by atoms with Gasteiger partial charge in [-0.15, -0.1) is 0 Å². The monoisotopic (exact) mass is 336 g/mol. The predicted octanol–water partition coefficient (Wildman–Crippen LogP) is 2.50. The molecule has 4 nitrogen and oxygen atoms in total. The second-order valence-corrected chi connectivity index (χ2v) is 7.30. The lowest BCUT2D eigenvalue weighted by atomic mass is 10.1. The minimum absolute atomic E-state index is 0.0921. The fourth-order valence-electron chi connectivity index (χ4n) is 4.42. The number of benzene rings is 2. The lowest BCUT2D eigenvalue weighted by Crippen LogP contribution is -2.39. The summed E-state index contributed by atoms with van der Waals surface area (Å²) in [6.45, 7) is 2.55. The van der Waals surface area contributed by atoms with Gasteiger partial charge in [-0.1, -0.05) is 60.7 Å². The van der Waals surface area contributed by atoms with E-state index in [0.29, 0.717) is 12.1 Å². The molecule has 0 aromatic heterocycles. The van der Waals surface area contributed by atoms with Crippen molar-refractivity contribution in [3.05, 3.63) is 71.8 Å². The summed E-state index contributed by atoms with van der Waals surface area (Å²) in [5.74, 6) is 0. The van der Waals surface area contributed by atoms with E-state index in [2.05, 4.69) is 70.5 Å². The first-order valence-electron chi connectivity index (χ1n) is 9.21. The Hall–Kier alpha value is -1.72. The Morgan fingerprint density at radius 1 is 0.680 bits per heavy atom. The van der Waals surface area contributed by atoms with Crippen molar-refractivity contribution in [2.75, 3.05) is 19.9 Å². The van der Waals surface area contributed by atoms with Crippen molar-refractivity contribution < 1.29 is 9.47 Å². The summed E-state index contributed by atoms with van der Waals surface area (Å²) in [5, 5.41) is 0. The highest BCUT2D eigenvalue weighted by molar-refractivity contribution is 5.18. The van der Waals surface area contributed by atoms with E-state index >= 15 is 0 Å². The highest BCUT2D eigenvalue weighted by atomic mass is 16.6. The van der Waals surface area contributed by atoms with Crippen molar-refractivity contribution in [3.63, 3.8) is 0 Å². The van der Waals surface area contributed by atoms with Crippen LogP contribution in [0.4, 0.5) is 0 Å². The van der Waals surface area contributed by atoms with Gasteiger partial charge in [0, 0.05) is 12.1 Å². The van der Waals surface area contributed by atoms with E-state index in [0.717, 1.165) is 32.7 Å². The first-order chi connectivity index (χ1) is 12.4.